The summed E-state index contributed by atoms with van der Waals surface area (Å²) >= 11 is 0. The minimum atomic E-state index is -0.737. The second kappa shape index (κ2) is 6.20. The number of carbonyl (C=O) groups excluding carboxylic acids is 2. The summed E-state index contributed by atoms with van der Waals surface area (Å²) < 4.78 is 13.5. The molecule has 1 saturated heterocycles. The Morgan fingerprint density at radius 1 is 1.22 bits per heavy atom. The summed E-state index contributed by atoms with van der Waals surface area (Å²) in [5.41, 5.74) is 1.66. The van der Waals surface area contributed by atoms with Crippen LogP contribution in [0.4, 0.5) is 15.8 Å². The van der Waals surface area contributed by atoms with Crippen molar-refractivity contribution in [1.82, 2.24) is 0 Å². The molecular weight excluding hydrogens is 295 g/mol. The largest absolute Gasteiger partial charge is 0.325 e. The molecule has 0 aromatic heterocycles. The fourth-order valence-electron chi connectivity index (χ4n) is 2.69. The van der Waals surface area contributed by atoms with Crippen molar-refractivity contribution in [3.05, 3.63) is 59.9 Å². The first-order chi connectivity index (χ1) is 11.1. The molecule has 2 amide bonds. The quantitative estimate of drug-likeness (QED) is 0.885. The van der Waals surface area contributed by atoms with Gasteiger partial charge in [0.15, 0.2) is 0 Å². The van der Waals surface area contributed by atoms with Crippen LogP contribution < -0.4 is 10.2 Å². The molecule has 0 aliphatic carbocycles. The van der Waals surface area contributed by atoms with E-state index in [0.717, 1.165) is 5.69 Å². The van der Waals surface area contributed by atoms with Crippen LogP contribution in [0.5, 0.6) is 0 Å². The molecular formula is C18H17FN2O2. The number of anilines is 2. The van der Waals surface area contributed by atoms with Crippen molar-refractivity contribution in [2.75, 3.05) is 16.8 Å². The van der Waals surface area contributed by atoms with Crippen LogP contribution in [0.25, 0.3) is 0 Å². The lowest BCUT2D eigenvalue weighted by atomic mass is 10.1. The number of nitrogens with zero attached hydrogens (tertiary/aromatic N) is 1. The number of rotatable bonds is 3. The Kier molecular flexibility index (Phi) is 4.10. The average Bonchev–Trinajstić information content (AvgIpc) is 2.93. The molecule has 0 saturated carbocycles. The number of hydrogen-bond donors (Lipinski definition) is 1. The van der Waals surface area contributed by atoms with E-state index in [4.69, 9.17) is 0 Å². The number of carbonyl (C=O) groups is 2. The SMILES string of the molecule is Cc1ccc(NC(=O)[C@H]2CCN(c3ccccc3)C2=O)cc1F. The van der Waals surface area contributed by atoms with Gasteiger partial charge in [0.1, 0.15) is 11.7 Å². The van der Waals surface area contributed by atoms with Gasteiger partial charge < -0.3 is 10.2 Å². The number of amides is 2. The third-order valence-corrected chi connectivity index (χ3v) is 4.03. The Hall–Kier alpha value is -2.69. The van der Waals surface area contributed by atoms with Crippen LogP contribution in [0.15, 0.2) is 48.5 Å². The van der Waals surface area contributed by atoms with Crippen LogP contribution in [0.2, 0.25) is 0 Å². The van der Waals surface area contributed by atoms with Gasteiger partial charge in [-0.3, -0.25) is 9.59 Å². The second-order valence-electron chi connectivity index (χ2n) is 5.62. The minimum absolute atomic E-state index is 0.221. The average molecular weight is 312 g/mol. The zero-order valence-electron chi connectivity index (χ0n) is 12.8. The van der Waals surface area contributed by atoms with Gasteiger partial charge in [0, 0.05) is 17.9 Å². The molecule has 2 aromatic rings. The molecule has 1 N–H and O–H groups in total. The standard InChI is InChI=1S/C18H17FN2O2/c1-12-7-8-13(11-16(12)19)20-17(22)15-9-10-21(18(15)23)14-5-3-2-4-6-14/h2-8,11,15H,9-10H2,1H3,(H,20,22)/t15-/m1/s1. The summed E-state index contributed by atoms with van der Waals surface area (Å²) in [5, 5.41) is 2.63. The van der Waals surface area contributed by atoms with E-state index in [1.807, 2.05) is 30.3 Å². The molecule has 0 bridgehead atoms. The highest BCUT2D eigenvalue weighted by atomic mass is 19.1. The van der Waals surface area contributed by atoms with Gasteiger partial charge in [0.2, 0.25) is 11.8 Å². The van der Waals surface area contributed by atoms with E-state index >= 15 is 0 Å². The van der Waals surface area contributed by atoms with Crippen molar-refractivity contribution in [2.45, 2.75) is 13.3 Å². The molecule has 0 unspecified atom stereocenters. The van der Waals surface area contributed by atoms with E-state index in [2.05, 4.69) is 5.32 Å². The van der Waals surface area contributed by atoms with Crippen LogP contribution in [-0.2, 0) is 9.59 Å². The van der Waals surface area contributed by atoms with Gasteiger partial charge in [0.05, 0.1) is 0 Å². The van der Waals surface area contributed by atoms with Crippen molar-refractivity contribution in [3.63, 3.8) is 0 Å². The summed E-state index contributed by atoms with van der Waals surface area (Å²) in [6, 6.07) is 13.8. The first-order valence-corrected chi connectivity index (χ1v) is 7.49. The maximum atomic E-state index is 13.5. The first-order valence-electron chi connectivity index (χ1n) is 7.49. The molecule has 1 fully saturated rings. The topological polar surface area (TPSA) is 49.4 Å². The lowest BCUT2D eigenvalue weighted by Crippen LogP contribution is -2.33. The third-order valence-electron chi connectivity index (χ3n) is 4.03. The molecule has 1 heterocycles. The van der Waals surface area contributed by atoms with Gasteiger partial charge in [-0.25, -0.2) is 4.39 Å². The van der Waals surface area contributed by atoms with E-state index in [-0.39, 0.29) is 11.7 Å². The number of aryl methyl sites for hydroxylation is 1. The van der Waals surface area contributed by atoms with Crippen LogP contribution in [0, 0.1) is 18.7 Å². The fraction of sp³-hybridized carbons (Fsp3) is 0.222. The molecule has 3 rings (SSSR count). The molecule has 1 aliphatic rings. The van der Waals surface area contributed by atoms with Gasteiger partial charge >= 0.3 is 0 Å². The van der Waals surface area contributed by atoms with Gasteiger partial charge in [-0.15, -0.1) is 0 Å². The van der Waals surface area contributed by atoms with Crippen molar-refractivity contribution < 1.29 is 14.0 Å². The van der Waals surface area contributed by atoms with Crippen molar-refractivity contribution in [3.8, 4) is 0 Å². The van der Waals surface area contributed by atoms with Crippen molar-refractivity contribution in [1.29, 1.82) is 0 Å². The third kappa shape index (κ3) is 3.08. The zero-order chi connectivity index (χ0) is 16.4. The van der Waals surface area contributed by atoms with E-state index < -0.39 is 11.8 Å². The normalized spacial score (nSPS) is 17.4. The van der Waals surface area contributed by atoms with E-state index in [1.165, 1.54) is 6.07 Å². The van der Waals surface area contributed by atoms with Gasteiger partial charge in [-0.1, -0.05) is 24.3 Å². The monoisotopic (exact) mass is 312 g/mol. The number of para-hydroxylation sites is 1. The number of hydrogen-bond acceptors (Lipinski definition) is 2. The highest BCUT2D eigenvalue weighted by Gasteiger charge is 2.37. The van der Waals surface area contributed by atoms with Crippen LogP contribution in [-0.4, -0.2) is 18.4 Å². The van der Waals surface area contributed by atoms with Gasteiger partial charge in [-0.05, 0) is 43.2 Å². The smallest absolute Gasteiger partial charge is 0.239 e. The summed E-state index contributed by atoms with van der Waals surface area (Å²) in [4.78, 5) is 26.4. The van der Waals surface area contributed by atoms with Crippen molar-refractivity contribution >= 4 is 23.2 Å². The lowest BCUT2D eigenvalue weighted by molar-refractivity contribution is -0.129. The predicted molar refractivity (Wildman–Crippen MR) is 86.7 cm³/mol. The van der Waals surface area contributed by atoms with E-state index in [1.54, 1.807) is 24.0 Å². The zero-order valence-corrected chi connectivity index (χ0v) is 12.8. The van der Waals surface area contributed by atoms with Gasteiger partial charge in [-0.2, -0.15) is 0 Å². The molecule has 1 atom stereocenters. The minimum Gasteiger partial charge on any atom is -0.325 e. The Bertz CT molecular complexity index is 746. The molecule has 118 valence electrons. The summed E-state index contributed by atoms with van der Waals surface area (Å²) in [6.07, 6.45) is 0.452. The van der Waals surface area contributed by atoms with Crippen LogP contribution in [0.1, 0.15) is 12.0 Å². The Morgan fingerprint density at radius 3 is 2.65 bits per heavy atom. The van der Waals surface area contributed by atoms with Crippen LogP contribution >= 0.6 is 0 Å². The summed E-state index contributed by atoms with van der Waals surface area (Å²) in [5.74, 6) is -1.73. The summed E-state index contributed by atoms with van der Waals surface area (Å²) in [7, 11) is 0. The molecule has 5 heteroatoms. The van der Waals surface area contributed by atoms with Gasteiger partial charge in [0.25, 0.3) is 0 Å². The van der Waals surface area contributed by atoms with Crippen molar-refractivity contribution in [2.24, 2.45) is 5.92 Å². The number of benzene rings is 2. The Balaban J connectivity index is 1.71. The van der Waals surface area contributed by atoms with E-state index in [9.17, 15) is 14.0 Å². The maximum Gasteiger partial charge on any atom is 0.239 e. The number of halogens is 1. The molecule has 1 aliphatic heterocycles. The second-order valence-corrected chi connectivity index (χ2v) is 5.62. The Labute approximate surface area is 133 Å². The molecule has 2 aromatic carbocycles. The molecule has 0 radical (unpaired) electrons. The molecule has 4 nitrogen and oxygen atoms in total. The van der Waals surface area contributed by atoms with E-state index in [0.29, 0.717) is 24.2 Å². The highest BCUT2D eigenvalue weighted by molar-refractivity contribution is 6.13. The highest BCUT2D eigenvalue weighted by Crippen LogP contribution is 2.26. The fourth-order valence-corrected chi connectivity index (χ4v) is 2.69. The lowest BCUT2D eigenvalue weighted by Gasteiger charge is -2.16. The first kappa shape index (κ1) is 15.2. The molecule has 0 spiro atoms. The molecule has 23 heavy (non-hydrogen) atoms. The maximum absolute atomic E-state index is 13.5. The van der Waals surface area contributed by atoms with Crippen LogP contribution in [0.3, 0.4) is 0 Å². The predicted octanol–water partition coefficient (Wildman–Crippen LogP) is 3.13. The summed E-state index contributed by atoms with van der Waals surface area (Å²) in [6.45, 7) is 2.16. The Morgan fingerprint density at radius 2 is 1.96 bits per heavy atom. The number of nitrogens with one attached hydrogen (secondary N) is 1.